The largest absolute Gasteiger partial charge is 0.391 e. The quantitative estimate of drug-likeness (QED) is 0.691. The minimum atomic E-state index is -0.377. The monoisotopic (exact) mass is 242 g/mol. The Morgan fingerprint density at radius 1 is 1.59 bits per heavy atom. The number of aliphatic hydroxyl groups is 1. The molecule has 2 N–H and O–H groups in total. The van der Waals surface area contributed by atoms with Crippen LogP contribution >= 0.6 is 0 Å². The van der Waals surface area contributed by atoms with Gasteiger partial charge in [-0.25, -0.2) is 0 Å². The zero-order valence-corrected chi connectivity index (χ0v) is 10.4. The molecule has 17 heavy (non-hydrogen) atoms. The summed E-state index contributed by atoms with van der Waals surface area (Å²) in [6.45, 7) is 5.55. The lowest BCUT2D eigenvalue weighted by Gasteiger charge is -2.35. The third kappa shape index (κ3) is 3.40. The third-order valence-electron chi connectivity index (χ3n) is 3.68. The highest BCUT2D eigenvalue weighted by atomic mass is 16.5. The van der Waals surface area contributed by atoms with Gasteiger partial charge in [0.1, 0.15) is 0 Å². The molecular weight excluding hydrogens is 220 g/mol. The second-order valence-electron chi connectivity index (χ2n) is 5.07. The Kier molecular flexibility index (Phi) is 4.36. The zero-order chi connectivity index (χ0) is 12.3. The van der Waals surface area contributed by atoms with Gasteiger partial charge in [-0.05, 0) is 12.3 Å². The summed E-state index contributed by atoms with van der Waals surface area (Å²) in [5.41, 5.74) is 0. The van der Waals surface area contributed by atoms with Crippen molar-refractivity contribution in [2.24, 2.45) is 5.92 Å². The minimum Gasteiger partial charge on any atom is -0.391 e. The molecule has 2 heterocycles. The fraction of sp³-hybridized carbons (Fsp3) is 0.917. The first-order valence-electron chi connectivity index (χ1n) is 6.45. The number of aliphatic hydroxyl groups excluding tert-OH is 1. The number of β-amino-alcohol motifs (C(OH)–C–C–N with tert-alkyl or cyclic N) is 1. The molecule has 0 saturated carbocycles. The molecule has 2 fully saturated rings. The summed E-state index contributed by atoms with van der Waals surface area (Å²) >= 11 is 0. The lowest BCUT2D eigenvalue weighted by molar-refractivity contribution is -0.138. The number of likely N-dealkylation sites (tertiary alicyclic amines) is 1. The van der Waals surface area contributed by atoms with Crippen molar-refractivity contribution in [1.82, 2.24) is 10.2 Å². The number of amides is 1. The first-order valence-corrected chi connectivity index (χ1v) is 6.45. The molecule has 0 aromatic carbocycles. The summed E-state index contributed by atoms with van der Waals surface area (Å²) < 4.78 is 5.51. The number of carbonyl (C=O) groups excluding carboxylic acids is 1. The van der Waals surface area contributed by atoms with Crippen molar-refractivity contribution in [3.05, 3.63) is 0 Å². The van der Waals surface area contributed by atoms with E-state index in [1.165, 1.54) is 0 Å². The molecule has 0 spiro atoms. The van der Waals surface area contributed by atoms with Gasteiger partial charge in [-0.3, -0.25) is 4.79 Å². The summed E-state index contributed by atoms with van der Waals surface area (Å²) in [7, 11) is 0. The van der Waals surface area contributed by atoms with Crippen LogP contribution in [0.1, 0.15) is 19.8 Å². The molecule has 5 heteroatoms. The van der Waals surface area contributed by atoms with Crippen LogP contribution in [0.3, 0.4) is 0 Å². The van der Waals surface area contributed by atoms with Crippen molar-refractivity contribution in [2.45, 2.75) is 32.0 Å². The number of morpholine rings is 1. The molecule has 0 bridgehead atoms. The zero-order valence-electron chi connectivity index (χ0n) is 10.4. The molecule has 2 aliphatic rings. The Balaban J connectivity index is 1.79. The normalized spacial score (nSPS) is 34.7. The number of rotatable bonds is 2. The van der Waals surface area contributed by atoms with Crippen LogP contribution in [0.5, 0.6) is 0 Å². The molecule has 2 saturated heterocycles. The van der Waals surface area contributed by atoms with Crippen LogP contribution in [-0.2, 0) is 9.53 Å². The molecule has 0 aromatic rings. The lowest BCUT2D eigenvalue weighted by Crippen LogP contribution is -2.48. The van der Waals surface area contributed by atoms with Gasteiger partial charge in [0.25, 0.3) is 0 Å². The summed E-state index contributed by atoms with van der Waals surface area (Å²) in [6, 6.07) is 0. The Hall–Kier alpha value is -0.650. The van der Waals surface area contributed by atoms with E-state index in [1.807, 2.05) is 6.92 Å². The van der Waals surface area contributed by atoms with E-state index >= 15 is 0 Å². The van der Waals surface area contributed by atoms with Gasteiger partial charge in [0.05, 0.1) is 25.2 Å². The van der Waals surface area contributed by atoms with Crippen molar-refractivity contribution in [2.75, 3.05) is 32.8 Å². The van der Waals surface area contributed by atoms with Crippen LogP contribution in [0.15, 0.2) is 0 Å². The SMILES string of the molecule is CC1CCN(C(=O)CC2CNCCO2)CC1O. The van der Waals surface area contributed by atoms with Gasteiger partial charge in [-0.1, -0.05) is 6.92 Å². The van der Waals surface area contributed by atoms with E-state index in [0.717, 1.165) is 26.1 Å². The van der Waals surface area contributed by atoms with E-state index in [0.29, 0.717) is 25.5 Å². The van der Waals surface area contributed by atoms with Gasteiger partial charge in [-0.2, -0.15) is 0 Å². The maximum absolute atomic E-state index is 12.0. The van der Waals surface area contributed by atoms with Crippen LogP contribution < -0.4 is 5.32 Å². The van der Waals surface area contributed by atoms with Crippen LogP contribution in [0.4, 0.5) is 0 Å². The van der Waals surface area contributed by atoms with Crippen molar-refractivity contribution >= 4 is 5.91 Å². The topological polar surface area (TPSA) is 61.8 Å². The van der Waals surface area contributed by atoms with E-state index in [4.69, 9.17) is 4.74 Å². The minimum absolute atomic E-state index is 0.00672. The highest BCUT2D eigenvalue weighted by molar-refractivity contribution is 5.76. The molecule has 0 radical (unpaired) electrons. The van der Waals surface area contributed by atoms with Crippen molar-refractivity contribution in [1.29, 1.82) is 0 Å². The number of nitrogens with zero attached hydrogens (tertiary/aromatic N) is 1. The van der Waals surface area contributed by atoms with E-state index in [1.54, 1.807) is 4.90 Å². The first-order chi connectivity index (χ1) is 8.16. The van der Waals surface area contributed by atoms with Crippen molar-refractivity contribution in [3.63, 3.8) is 0 Å². The predicted molar refractivity (Wildman–Crippen MR) is 63.6 cm³/mol. The summed E-state index contributed by atoms with van der Waals surface area (Å²) in [6.07, 6.45) is 0.927. The van der Waals surface area contributed by atoms with E-state index in [2.05, 4.69) is 5.32 Å². The Labute approximate surface area is 102 Å². The second-order valence-corrected chi connectivity index (χ2v) is 5.07. The van der Waals surface area contributed by atoms with Gasteiger partial charge < -0.3 is 20.1 Å². The Morgan fingerprint density at radius 3 is 3.06 bits per heavy atom. The third-order valence-corrected chi connectivity index (χ3v) is 3.68. The smallest absolute Gasteiger partial charge is 0.225 e. The Bertz CT molecular complexity index is 266. The first kappa shape index (κ1) is 12.8. The molecule has 0 aliphatic carbocycles. The lowest BCUT2D eigenvalue weighted by atomic mass is 9.95. The van der Waals surface area contributed by atoms with Crippen LogP contribution in [0.2, 0.25) is 0 Å². The number of hydrogen-bond acceptors (Lipinski definition) is 4. The molecule has 1 amide bonds. The maximum atomic E-state index is 12.0. The molecule has 2 rings (SSSR count). The highest BCUT2D eigenvalue weighted by Crippen LogP contribution is 2.18. The average molecular weight is 242 g/mol. The van der Waals surface area contributed by atoms with Gasteiger partial charge in [-0.15, -0.1) is 0 Å². The fourth-order valence-corrected chi connectivity index (χ4v) is 2.35. The maximum Gasteiger partial charge on any atom is 0.225 e. The molecule has 98 valence electrons. The van der Waals surface area contributed by atoms with Gasteiger partial charge in [0.15, 0.2) is 0 Å². The number of nitrogens with one attached hydrogen (secondary N) is 1. The predicted octanol–water partition coefficient (Wildman–Crippen LogP) is -0.406. The number of hydrogen-bond donors (Lipinski definition) is 2. The second kappa shape index (κ2) is 5.80. The van der Waals surface area contributed by atoms with Gasteiger partial charge in [0, 0.05) is 26.2 Å². The summed E-state index contributed by atoms with van der Waals surface area (Å²) in [5, 5.41) is 13.0. The molecular formula is C12H22N2O3. The fourth-order valence-electron chi connectivity index (χ4n) is 2.35. The van der Waals surface area contributed by atoms with E-state index in [-0.39, 0.29) is 18.1 Å². The number of carbonyl (C=O) groups is 1. The molecule has 3 unspecified atom stereocenters. The average Bonchev–Trinajstić information content (AvgIpc) is 2.34. The molecule has 0 aromatic heterocycles. The van der Waals surface area contributed by atoms with Gasteiger partial charge in [0.2, 0.25) is 5.91 Å². The van der Waals surface area contributed by atoms with Crippen LogP contribution in [-0.4, -0.2) is 60.9 Å². The van der Waals surface area contributed by atoms with Gasteiger partial charge >= 0.3 is 0 Å². The molecule has 3 atom stereocenters. The highest BCUT2D eigenvalue weighted by Gasteiger charge is 2.28. The molecule has 5 nitrogen and oxygen atoms in total. The Morgan fingerprint density at radius 2 is 2.41 bits per heavy atom. The van der Waals surface area contributed by atoms with Crippen LogP contribution in [0, 0.1) is 5.92 Å². The van der Waals surface area contributed by atoms with Crippen molar-refractivity contribution < 1.29 is 14.6 Å². The number of ether oxygens (including phenoxy) is 1. The summed E-state index contributed by atoms with van der Waals surface area (Å²) in [4.78, 5) is 13.8. The van der Waals surface area contributed by atoms with E-state index in [9.17, 15) is 9.90 Å². The van der Waals surface area contributed by atoms with E-state index < -0.39 is 0 Å². The van der Waals surface area contributed by atoms with Crippen molar-refractivity contribution in [3.8, 4) is 0 Å². The molecule has 2 aliphatic heterocycles. The van der Waals surface area contributed by atoms with Crippen LogP contribution in [0.25, 0.3) is 0 Å². The number of piperidine rings is 1. The summed E-state index contributed by atoms with van der Waals surface area (Å²) in [5.74, 6) is 0.399. The standard InChI is InChI=1S/C12H22N2O3/c1-9-2-4-14(8-11(9)15)12(16)6-10-7-13-3-5-17-10/h9-11,13,15H,2-8H2,1H3.